The number of hydroxylamine groups is 1. The highest BCUT2D eigenvalue weighted by Crippen LogP contribution is 2.37. The van der Waals surface area contributed by atoms with Gasteiger partial charge in [0.15, 0.2) is 6.29 Å². The molecule has 3 aliphatic rings. The second kappa shape index (κ2) is 6.75. The Balaban J connectivity index is 1.50. The fourth-order valence-electron chi connectivity index (χ4n) is 3.50. The fourth-order valence-corrected chi connectivity index (χ4v) is 3.50. The Morgan fingerprint density at radius 3 is 2.32 bits per heavy atom. The number of hydrogen-bond donors (Lipinski definition) is 1. The summed E-state index contributed by atoms with van der Waals surface area (Å²) >= 11 is 0. The zero-order valence-electron chi connectivity index (χ0n) is 12.6. The molecule has 0 bridgehead atoms. The van der Waals surface area contributed by atoms with Crippen LogP contribution in [0.15, 0.2) is 0 Å². The predicted molar refractivity (Wildman–Crippen MR) is 75.0 cm³/mol. The van der Waals surface area contributed by atoms with Gasteiger partial charge in [-0.3, -0.25) is 19.3 Å². The summed E-state index contributed by atoms with van der Waals surface area (Å²) in [5.74, 6) is -1.36. The first-order valence-electron chi connectivity index (χ1n) is 8.08. The van der Waals surface area contributed by atoms with Gasteiger partial charge in [-0.2, -0.15) is 0 Å². The molecule has 7 heteroatoms. The number of imide groups is 1. The second-order valence-corrected chi connectivity index (χ2v) is 6.20. The van der Waals surface area contributed by atoms with Crippen molar-refractivity contribution in [1.29, 1.82) is 0 Å². The molecule has 0 aromatic rings. The summed E-state index contributed by atoms with van der Waals surface area (Å²) in [5.41, 5.74) is 2.29. The van der Waals surface area contributed by atoms with Gasteiger partial charge in [0.05, 0.1) is 11.8 Å². The average Bonchev–Trinajstić information content (AvgIpc) is 2.79. The summed E-state index contributed by atoms with van der Waals surface area (Å²) in [6.45, 7) is 0.352. The van der Waals surface area contributed by atoms with Gasteiger partial charge in [0, 0.05) is 13.0 Å². The van der Waals surface area contributed by atoms with Crippen molar-refractivity contribution in [2.75, 3.05) is 13.2 Å². The Hall–Kier alpha value is -1.47. The number of ether oxygens (including phenoxy) is 1. The van der Waals surface area contributed by atoms with Gasteiger partial charge in [-0.25, -0.2) is 10.3 Å². The van der Waals surface area contributed by atoms with Crippen LogP contribution in [0.5, 0.6) is 0 Å². The highest BCUT2D eigenvalue weighted by atomic mass is 16.8. The first-order chi connectivity index (χ1) is 10.7. The lowest BCUT2D eigenvalue weighted by Crippen LogP contribution is -2.42. The van der Waals surface area contributed by atoms with E-state index in [4.69, 9.17) is 9.57 Å². The van der Waals surface area contributed by atoms with Crippen molar-refractivity contribution < 1.29 is 24.0 Å². The lowest BCUT2D eigenvalue weighted by Gasteiger charge is -2.22. The molecule has 1 aliphatic carbocycles. The molecule has 1 N–H and O–H groups in total. The standard InChI is InChI=1S/C15H22N2O5/c18-12(16-22-13-7-3-4-8-21-13)9-17-14(19)10-5-1-2-6-11(10)15(17)20/h10-11,13H,1-9H2,(H,16,18). The van der Waals surface area contributed by atoms with Gasteiger partial charge >= 0.3 is 0 Å². The van der Waals surface area contributed by atoms with Crippen LogP contribution in [0.3, 0.4) is 0 Å². The third-order valence-electron chi connectivity index (χ3n) is 4.68. The SMILES string of the molecule is O=C(CN1C(=O)C2CCCCC2C1=O)NOC1CCCCO1. The number of hydrogen-bond acceptors (Lipinski definition) is 5. The molecule has 7 nitrogen and oxygen atoms in total. The Bertz CT molecular complexity index is 437. The summed E-state index contributed by atoms with van der Waals surface area (Å²) in [7, 11) is 0. The maximum absolute atomic E-state index is 12.3. The van der Waals surface area contributed by atoms with Gasteiger partial charge in [-0.05, 0) is 25.7 Å². The zero-order chi connectivity index (χ0) is 15.5. The highest BCUT2D eigenvalue weighted by Gasteiger charge is 2.48. The zero-order valence-corrected chi connectivity index (χ0v) is 12.6. The summed E-state index contributed by atoms with van der Waals surface area (Å²) in [4.78, 5) is 42.7. The van der Waals surface area contributed by atoms with Crippen LogP contribution >= 0.6 is 0 Å². The number of nitrogens with zero attached hydrogens (tertiary/aromatic N) is 1. The summed E-state index contributed by atoms with van der Waals surface area (Å²) in [6.07, 6.45) is 5.72. The van der Waals surface area contributed by atoms with Crippen LogP contribution in [0, 0.1) is 11.8 Å². The number of rotatable bonds is 4. The molecule has 0 aromatic heterocycles. The summed E-state index contributed by atoms with van der Waals surface area (Å²) in [5, 5.41) is 0. The average molecular weight is 310 g/mol. The van der Waals surface area contributed by atoms with Crippen molar-refractivity contribution in [2.24, 2.45) is 11.8 Å². The quantitative estimate of drug-likeness (QED) is 0.611. The molecule has 0 radical (unpaired) electrons. The molecule has 2 heterocycles. The van der Waals surface area contributed by atoms with E-state index in [2.05, 4.69) is 5.48 Å². The van der Waals surface area contributed by atoms with Gasteiger partial charge < -0.3 is 4.74 Å². The number of likely N-dealkylation sites (tertiary alicyclic amines) is 1. The van der Waals surface area contributed by atoms with Crippen molar-refractivity contribution in [2.45, 2.75) is 51.2 Å². The van der Waals surface area contributed by atoms with Crippen molar-refractivity contribution >= 4 is 17.7 Å². The van der Waals surface area contributed by atoms with E-state index >= 15 is 0 Å². The maximum atomic E-state index is 12.3. The van der Waals surface area contributed by atoms with E-state index < -0.39 is 12.2 Å². The van der Waals surface area contributed by atoms with Crippen LogP contribution in [0.1, 0.15) is 44.9 Å². The molecule has 3 fully saturated rings. The van der Waals surface area contributed by atoms with Gasteiger partial charge in [0.2, 0.25) is 11.8 Å². The van der Waals surface area contributed by atoms with E-state index in [0.717, 1.165) is 49.8 Å². The summed E-state index contributed by atoms with van der Waals surface area (Å²) < 4.78 is 5.33. The molecule has 3 atom stereocenters. The Morgan fingerprint density at radius 2 is 1.73 bits per heavy atom. The first-order valence-corrected chi connectivity index (χ1v) is 8.08. The minimum absolute atomic E-state index is 0.209. The fraction of sp³-hybridized carbons (Fsp3) is 0.800. The lowest BCUT2D eigenvalue weighted by atomic mass is 9.81. The van der Waals surface area contributed by atoms with Crippen LogP contribution in [-0.2, 0) is 24.0 Å². The topological polar surface area (TPSA) is 84.9 Å². The Labute approximate surface area is 129 Å². The highest BCUT2D eigenvalue weighted by molar-refractivity contribution is 6.07. The van der Waals surface area contributed by atoms with Crippen LogP contribution < -0.4 is 5.48 Å². The molecule has 1 saturated carbocycles. The number of amides is 3. The molecule has 22 heavy (non-hydrogen) atoms. The molecular weight excluding hydrogens is 288 g/mol. The first kappa shape index (κ1) is 15.4. The molecule has 3 rings (SSSR count). The number of carbonyl (C=O) groups is 3. The van der Waals surface area contributed by atoms with E-state index in [1.807, 2.05) is 0 Å². The molecule has 3 amide bonds. The van der Waals surface area contributed by atoms with Gasteiger partial charge in [0.1, 0.15) is 6.54 Å². The van der Waals surface area contributed by atoms with E-state index in [1.54, 1.807) is 0 Å². The third kappa shape index (κ3) is 3.15. The van der Waals surface area contributed by atoms with Gasteiger partial charge in [-0.1, -0.05) is 12.8 Å². The molecular formula is C15H22N2O5. The molecule has 3 unspecified atom stereocenters. The van der Waals surface area contributed by atoms with Crippen molar-refractivity contribution in [1.82, 2.24) is 10.4 Å². The van der Waals surface area contributed by atoms with E-state index in [0.29, 0.717) is 6.61 Å². The van der Waals surface area contributed by atoms with Crippen molar-refractivity contribution in [3.8, 4) is 0 Å². The van der Waals surface area contributed by atoms with E-state index in [1.165, 1.54) is 0 Å². The lowest BCUT2D eigenvalue weighted by molar-refractivity contribution is -0.200. The summed E-state index contributed by atoms with van der Waals surface area (Å²) in [6, 6.07) is 0. The van der Waals surface area contributed by atoms with Crippen LogP contribution in [0.25, 0.3) is 0 Å². The van der Waals surface area contributed by atoms with Crippen molar-refractivity contribution in [3.63, 3.8) is 0 Å². The monoisotopic (exact) mass is 310 g/mol. The van der Waals surface area contributed by atoms with E-state index in [9.17, 15) is 14.4 Å². The van der Waals surface area contributed by atoms with Crippen molar-refractivity contribution in [3.05, 3.63) is 0 Å². The van der Waals surface area contributed by atoms with Crippen LogP contribution in [0.4, 0.5) is 0 Å². The number of nitrogens with one attached hydrogen (secondary N) is 1. The normalized spacial score (nSPS) is 32.0. The second-order valence-electron chi connectivity index (χ2n) is 6.20. The minimum Gasteiger partial charge on any atom is -0.350 e. The molecule has 2 aliphatic heterocycles. The van der Waals surface area contributed by atoms with Gasteiger partial charge in [-0.15, -0.1) is 0 Å². The molecule has 0 aromatic carbocycles. The smallest absolute Gasteiger partial charge is 0.263 e. The Kier molecular flexibility index (Phi) is 4.73. The predicted octanol–water partition coefficient (Wildman–Crippen LogP) is 0.736. The van der Waals surface area contributed by atoms with Crippen LogP contribution in [0.2, 0.25) is 0 Å². The Morgan fingerprint density at radius 1 is 1.09 bits per heavy atom. The number of fused-ring (bicyclic) bond motifs is 1. The van der Waals surface area contributed by atoms with Crippen LogP contribution in [-0.4, -0.2) is 42.1 Å². The minimum atomic E-state index is -0.491. The largest absolute Gasteiger partial charge is 0.350 e. The van der Waals surface area contributed by atoms with E-state index in [-0.39, 0.29) is 30.2 Å². The van der Waals surface area contributed by atoms with Gasteiger partial charge in [0.25, 0.3) is 5.91 Å². The molecule has 0 spiro atoms. The third-order valence-corrected chi connectivity index (χ3v) is 4.68. The molecule has 2 saturated heterocycles. The number of carbonyl (C=O) groups excluding carboxylic acids is 3. The maximum Gasteiger partial charge on any atom is 0.263 e. The molecule has 122 valence electrons.